The standard InChI is InChI=1S/C17H20S/c1-10-9-14-7-5-6-8-15(14)16(10)17-11(2)12(3)18-13(17)4/h5-8,10,16H,9H2,1-4H3/t10-,16+/m0/s1. The number of aryl methyl sites for hydroxylation is 2. The van der Waals surface area contributed by atoms with E-state index in [0.717, 1.165) is 5.92 Å². The predicted octanol–water partition coefficient (Wildman–Crippen LogP) is 5.00. The number of fused-ring (bicyclic) bond motifs is 1. The summed E-state index contributed by atoms with van der Waals surface area (Å²) in [6, 6.07) is 8.99. The number of hydrogen-bond donors (Lipinski definition) is 0. The topological polar surface area (TPSA) is 0 Å². The lowest BCUT2D eigenvalue weighted by Gasteiger charge is -2.18. The summed E-state index contributed by atoms with van der Waals surface area (Å²) in [4.78, 5) is 3.00. The SMILES string of the molecule is Cc1sc(C)c([C@H]2c3ccccc3C[C@@H]2C)c1C. The molecule has 1 aliphatic carbocycles. The largest absolute Gasteiger partial charge is 0.145 e. The molecule has 18 heavy (non-hydrogen) atoms. The fourth-order valence-corrected chi connectivity index (χ4v) is 4.61. The molecule has 0 saturated carbocycles. The summed E-state index contributed by atoms with van der Waals surface area (Å²) in [6.45, 7) is 9.23. The van der Waals surface area contributed by atoms with Gasteiger partial charge in [0.05, 0.1) is 0 Å². The quantitative estimate of drug-likeness (QED) is 0.673. The molecule has 0 aliphatic heterocycles. The van der Waals surface area contributed by atoms with E-state index in [1.165, 1.54) is 21.7 Å². The molecule has 0 spiro atoms. The van der Waals surface area contributed by atoms with E-state index in [-0.39, 0.29) is 0 Å². The van der Waals surface area contributed by atoms with Crippen molar-refractivity contribution in [2.45, 2.75) is 40.0 Å². The van der Waals surface area contributed by atoms with Gasteiger partial charge in [-0.1, -0.05) is 31.2 Å². The lowest BCUT2D eigenvalue weighted by atomic mass is 9.85. The third-order valence-corrected chi connectivity index (χ3v) is 5.57. The molecule has 2 atom stereocenters. The van der Waals surface area contributed by atoms with Crippen LogP contribution in [0.4, 0.5) is 0 Å². The predicted molar refractivity (Wildman–Crippen MR) is 79.7 cm³/mol. The summed E-state index contributed by atoms with van der Waals surface area (Å²) in [5, 5.41) is 0. The molecule has 0 radical (unpaired) electrons. The van der Waals surface area contributed by atoms with Crippen LogP contribution in [-0.2, 0) is 6.42 Å². The highest BCUT2D eigenvalue weighted by molar-refractivity contribution is 7.12. The van der Waals surface area contributed by atoms with Crippen molar-refractivity contribution in [2.75, 3.05) is 0 Å². The summed E-state index contributed by atoms with van der Waals surface area (Å²) in [5.74, 6) is 1.35. The molecule has 0 unspecified atom stereocenters. The van der Waals surface area contributed by atoms with Crippen LogP contribution in [0.2, 0.25) is 0 Å². The Morgan fingerprint density at radius 3 is 2.44 bits per heavy atom. The summed E-state index contributed by atoms with van der Waals surface area (Å²) in [7, 11) is 0. The van der Waals surface area contributed by atoms with Crippen molar-refractivity contribution < 1.29 is 0 Å². The van der Waals surface area contributed by atoms with Gasteiger partial charge in [0.15, 0.2) is 0 Å². The average Bonchev–Trinajstić information content (AvgIpc) is 2.77. The summed E-state index contributed by atoms with van der Waals surface area (Å²) in [6.07, 6.45) is 1.23. The van der Waals surface area contributed by atoms with Gasteiger partial charge in [-0.15, -0.1) is 11.3 Å². The average molecular weight is 256 g/mol. The van der Waals surface area contributed by atoms with Gasteiger partial charge in [0.1, 0.15) is 0 Å². The highest BCUT2D eigenvalue weighted by Gasteiger charge is 2.33. The molecule has 0 N–H and O–H groups in total. The minimum Gasteiger partial charge on any atom is -0.145 e. The van der Waals surface area contributed by atoms with Gasteiger partial charge < -0.3 is 0 Å². The normalized spacial score (nSPS) is 22.2. The van der Waals surface area contributed by atoms with E-state index >= 15 is 0 Å². The van der Waals surface area contributed by atoms with Gasteiger partial charge in [-0.25, -0.2) is 0 Å². The maximum Gasteiger partial charge on any atom is 0.0134 e. The van der Waals surface area contributed by atoms with Crippen LogP contribution < -0.4 is 0 Å². The monoisotopic (exact) mass is 256 g/mol. The third-order valence-electron chi connectivity index (χ3n) is 4.43. The van der Waals surface area contributed by atoms with Crippen LogP contribution in [0.1, 0.15) is 44.8 Å². The second-order valence-electron chi connectivity index (χ2n) is 5.61. The Morgan fingerprint density at radius 1 is 1.06 bits per heavy atom. The van der Waals surface area contributed by atoms with E-state index in [1.54, 1.807) is 16.7 Å². The van der Waals surface area contributed by atoms with Gasteiger partial charge in [0, 0.05) is 15.7 Å². The summed E-state index contributed by atoms with van der Waals surface area (Å²) >= 11 is 1.96. The Hall–Kier alpha value is -1.08. The van der Waals surface area contributed by atoms with Crippen LogP contribution in [-0.4, -0.2) is 0 Å². The molecular formula is C17H20S. The van der Waals surface area contributed by atoms with E-state index < -0.39 is 0 Å². The molecule has 1 aromatic heterocycles. The van der Waals surface area contributed by atoms with Gasteiger partial charge in [-0.05, 0) is 55.4 Å². The fourth-order valence-electron chi connectivity index (χ4n) is 3.50. The fraction of sp³-hybridized carbons (Fsp3) is 0.412. The number of benzene rings is 1. The first kappa shape index (κ1) is 12.0. The van der Waals surface area contributed by atoms with E-state index in [9.17, 15) is 0 Å². The molecule has 0 amide bonds. The Balaban J connectivity index is 2.18. The van der Waals surface area contributed by atoms with Crippen molar-refractivity contribution >= 4 is 11.3 Å². The van der Waals surface area contributed by atoms with E-state index in [2.05, 4.69) is 52.0 Å². The first-order valence-corrected chi connectivity index (χ1v) is 7.55. The molecule has 0 bridgehead atoms. The van der Waals surface area contributed by atoms with Crippen LogP contribution in [0, 0.1) is 26.7 Å². The second-order valence-corrected chi connectivity index (χ2v) is 7.04. The van der Waals surface area contributed by atoms with Crippen molar-refractivity contribution in [1.82, 2.24) is 0 Å². The molecule has 2 aromatic rings. The zero-order valence-corrected chi connectivity index (χ0v) is 12.4. The van der Waals surface area contributed by atoms with Gasteiger partial charge in [0.2, 0.25) is 0 Å². The molecule has 1 heteroatoms. The van der Waals surface area contributed by atoms with Crippen molar-refractivity contribution in [3.05, 3.63) is 56.3 Å². The molecule has 0 nitrogen and oxygen atoms in total. The number of rotatable bonds is 1. The van der Waals surface area contributed by atoms with Crippen LogP contribution in [0.3, 0.4) is 0 Å². The maximum absolute atomic E-state index is 2.40. The maximum atomic E-state index is 2.40. The van der Waals surface area contributed by atoms with Crippen LogP contribution in [0.5, 0.6) is 0 Å². The second kappa shape index (κ2) is 4.24. The summed E-state index contributed by atoms with van der Waals surface area (Å²) in [5.41, 5.74) is 6.24. The summed E-state index contributed by atoms with van der Waals surface area (Å²) < 4.78 is 0. The Bertz CT molecular complexity index is 592. The highest BCUT2D eigenvalue weighted by atomic mass is 32.1. The first-order valence-electron chi connectivity index (χ1n) is 6.74. The van der Waals surface area contributed by atoms with Gasteiger partial charge in [-0.2, -0.15) is 0 Å². The molecule has 0 fully saturated rings. The number of thiophene rings is 1. The Kier molecular flexibility index (Phi) is 2.82. The van der Waals surface area contributed by atoms with E-state index in [1.807, 2.05) is 11.3 Å². The van der Waals surface area contributed by atoms with Crippen LogP contribution in [0.25, 0.3) is 0 Å². The molecular weight excluding hydrogens is 236 g/mol. The van der Waals surface area contributed by atoms with Crippen molar-refractivity contribution in [3.63, 3.8) is 0 Å². The lowest BCUT2D eigenvalue weighted by Crippen LogP contribution is -2.07. The molecule has 0 saturated heterocycles. The van der Waals surface area contributed by atoms with Crippen LogP contribution >= 0.6 is 11.3 Å². The lowest BCUT2D eigenvalue weighted by molar-refractivity contribution is 0.555. The Labute approximate surface area is 114 Å². The van der Waals surface area contributed by atoms with Gasteiger partial charge in [-0.3, -0.25) is 0 Å². The van der Waals surface area contributed by atoms with E-state index in [4.69, 9.17) is 0 Å². The smallest absolute Gasteiger partial charge is 0.0134 e. The third kappa shape index (κ3) is 1.65. The first-order chi connectivity index (χ1) is 8.59. The molecule has 1 aliphatic rings. The Morgan fingerprint density at radius 2 is 1.78 bits per heavy atom. The van der Waals surface area contributed by atoms with E-state index in [0.29, 0.717) is 5.92 Å². The van der Waals surface area contributed by atoms with Gasteiger partial charge in [0.25, 0.3) is 0 Å². The van der Waals surface area contributed by atoms with Crippen LogP contribution in [0.15, 0.2) is 24.3 Å². The van der Waals surface area contributed by atoms with Crippen molar-refractivity contribution in [1.29, 1.82) is 0 Å². The van der Waals surface area contributed by atoms with Gasteiger partial charge >= 0.3 is 0 Å². The zero-order chi connectivity index (χ0) is 12.9. The zero-order valence-electron chi connectivity index (χ0n) is 11.6. The number of hydrogen-bond acceptors (Lipinski definition) is 1. The minimum atomic E-state index is 0.617. The molecule has 1 aromatic carbocycles. The van der Waals surface area contributed by atoms with Crippen molar-refractivity contribution in [2.24, 2.45) is 5.92 Å². The molecule has 3 rings (SSSR count). The molecule has 1 heterocycles. The van der Waals surface area contributed by atoms with Crippen molar-refractivity contribution in [3.8, 4) is 0 Å². The molecule has 94 valence electrons. The minimum absolute atomic E-state index is 0.617. The highest BCUT2D eigenvalue weighted by Crippen LogP contribution is 2.46.